The lowest BCUT2D eigenvalue weighted by molar-refractivity contribution is -0.385. The Kier molecular flexibility index (Phi) is 3.42. The van der Waals surface area contributed by atoms with Crippen LogP contribution in [0.3, 0.4) is 0 Å². The summed E-state index contributed by atoms with van der Waals surface area (Å²) in [7, 11) is 1.19. The molecule has 0 radical (unpaired) electrons. The Balaban J connectivity index is 3.18. The van der Waals surface area contributed by atoms with Gasteiger partial charge in [-0.2, -0.15) is 0 Å². The normalized spacial score (nSPS) is 10.3. The Bertz CT molecular complexity index is 352. The first kappa shape index (κ1) is 10.9. The van der Waals surface area contributed by atoms with E-state index >= 15 is 0 Å². The number of nitro benzene ring substituents is 1. The Morgan fingerprint density at radius 2 is 2.07 bits per heavy atom. The van der Waals surface area contributed by atoms with Gasteiger partial charge in [-0.25, -0.2) is 0 Å². The second kappa shape index (κ2) is 4.38. The second-order valence-electron chi connectivity index (χ2n) is 3.01. The quantitative estimate of drug-likeness (QED) is 0.438. The minimum Gasteiger partial charge on any atom is -0.490 e. The van der Waals surface area contributed by atoms with Crippen LogP contribution < -0.4 is 10.0 Å². The van der Waals surface area contributed by atoms with E-state index in [9.17, 15) is 10.1 Å². The van der Waals surface area contributed by atoms with Crippen molar-refractivity contribution in [3.05, 3.63) is 28.3 Å². The van der Waals surface area contributed by atoms with Gasteiger partial charge in [-0.15, -0.1) is 0 Å². The van der Waals surface area contributed by atoms with E-state index in [1.807, 2.05) is 0 Å². The molecule has 1 aromatic carbocycles. The molecule has 0 fully saturated rings. The smallest absolute Gasteiger partial charge is 0.310 e. The molecule has 0 aliphatic heterocycles. The number of ether oxygens (including phenoxy) is 1. The average Bonchev–Trinajstić information content (AvgIpc) is 2.16. The molecule has 14 heavy (non-hydrogen) atoms. The van der Waals surface area contributed by atoms with Crippen molar-refractivity contribution in [3.8, 4) is 5.75 Å². The van der Waals surface area contributed by atoms with Gasteiger partial charge in [-0.1, -0.05) is 7.92 Å². The fourth-order valence-corrected chi connectivity index (χ4v) is 1.84. The number of hydrogen-bond donors (Lipinski definition) is 0. The Morgan fingerprint density at radius 3 is 2.50 bits per heavy atom. The van der Waals surface area contributed by atoms with Crippen molar-refractivity contribution in [1.82, 2.24) is 0 Å². The Morgan fingerprint density at radius 1 is 1.43 bits per heavy atom. The Labute approximate surface area is 83.8 Å². The van der Waals surface area contributed by atoms with E-state index < -0.39 is 4.92 Å². The lowest BCUT2D eigenvalue weighted by Crippen LogP contribution is -2.02. The zero-order chi connectivity index (χ0) is 10.7. The van der Waals surface area contributed by atoms with E-state index in [0.717, 1.165) is 5.30 Å². The number of benzene rings is 1. The van der Waals surface area contributed by atoms with Gasteiger partial charge in [0.05, 0.1) is 12.0 Å². The molecule has 0 spiro atoms. The highest BCUT2D eigenvalue weighted by Crippen LogP contribution is 2.31. The Hall–Kier alpha value is -1.15. The van der Waals surface area contributed by atoms with Crippen molar-refractivity contribution in [2.24, 2.45) is 0 Å². The van der Waals surface area contributed by atoms with Gasteiger partial charge in [0.15, 0.2) is 5.75 Å². The van der Waals surface area contributed by atoms with Crippen molar-refractivity contribution >= 4 is 18.9 Å². The molecule has 0 amide bonds. The van der Waals surface area contributed by atoms with Gasteiger partial charge in [0.1, 0.15) is 0 Å². The average molecular weight is 213 g/mol. The van der Waals surface area contributed by atoms with E-state index in [1.165, 1.54) is 13.2 Å². The minimum atomic E-state index is -0.434. The van der Waals surface area contributed by atoms with Crippen LogP contribution in [0.1, 0.15) is 0 Å². The maximum absolute atomic E-state index is 10.6. The number of nitro groups is 1. The zero-order valence-electron chi connectivity index (χ0n) is 8.35. The van der Waals surface area contributed by atoms with Gasteiger partial charge in [0.2, 0.25) is 0 Å². The number of methoxy groups -OCH3 is 1. The molecular formula is C9H12NO3P. The molecule has 5 heteroatoms. The maximum Gasteiger partial charge on any atom is 0.310 e. The molecule has 0 unspecified atom stereocenters. The molecule has 0 aliphatic rings. The highest BCUT2D eigenvalue weighted by molar-refractivity contribution is 7.64. The molecule has 76 valence electrons. The first-order valence-electron chi connectivity index (χ1n) is 4.06. The summed E-state index contributed by atoms with van der Waals surface area (Å²) in [6, 6.07) is 5.02. The summed E-state index contributed by atoms with van der Waals surface area (Å²) in [6.45, 7) is 4.19. The molecule has 0 saturated heterocycles. The van der Waals surface area contributed by atoms with Gasteiger partial charge in [0, 0.05) is 6.07 Å². The summed E-state index contributed by atoms with van der Waals surface area (Å²) < 4.78 is 4.97. The molecule has 4 nitrogen and oxygen atoms in total. The van der Waals surface area contributed by atoms with Crippen LogP contribution in [0, 0.1) is 10.1 Å². The molecule has 0 atom stereocenters. The van der Waals surface area contributed by atoms with Gasteiger partial charge in [-0.3, -0.25) is 10.1 Å². The lowest BCUT2D eigenvalue weighted by Gasteiger charge is -2.07. The third kappa shape index (κ3) is 2.20. The van der Waals surface area contributed by atoms with Gasteiger partial charge < -0.3 is 4.74 Å². The maximum atomic E-state index is 10.6. The van der Waals surface area contributed by atoms with E-state index in [0.29, 0.717) is 5.75 Å². The molecule has 0 bridgehead atoms. The SMILES string of the molecule is COc1cc(P(C)C)ccc1[N+](=O)[O-]. The lowest BCUT2D eigenvalue weighted by atomic mass is 10.3. The van der Waals surface area contributed by atoms with Crippen LogP contribution in [0.5, 0.6) is 5.75 Å². The van der Waals surface area contributed by atoms with Crippen LogP contribution in [0.2, 0.25) is 0 Å². The van der Waals surface area contributed by atoms with E-state index in [1.54, 1.807) is 12.1 Å². The summed E-state index contributed by atoms with van der Waals surface area (Å²) >= 11 is 0. The second-order valence-corrected chi connectivity index (χ2v) is 5.31. The predicted octanol–water partition coefficient (Wildman–Crippen LogP) is 1.97. The monoisotopic (exact) mass is 213 g/mol. The van der Waals surface area contributed by atoms with E-state index in [4.69, 9.17) is 4.74 Å². The predicted molar refractivity (Wildman–Crippen MR) is 58.1 cm³/mol. The summed E-state index contributed by atoms with van der Waals surface area (Å²) in [5.41, 5.74) is 0.0214. The van der Waals surface area contributed by atoms with Gasteiger partial charge in [-0.05, 0) is 30.8 Å². The molecule has 0 heterocycles. The molecule has 1 aromatic rings. The third-order valence-corrected chi connectivity index (χ3v) is 3.19. The zero-order valence-corrected chi connectivity index (χ0v) is 9.25. The van der Waals surface area contributed by atoms with Crippen LogP contribution in [0.4, 0.5) is 5.69 Å². The van der Waals surface area contributed by atoms with Crippen LogP contribution in [0.25, 0.3) is 0 Å². The number of hydrogen-bond acceptors (Lipinski definition) is 3. The molecular weight excluding hydrogens is 201 g/mol. The summed E-state index contributed by atoms with van der Waals surface area (Å²) in [5.74, 6) is 0.337. The van der Waals surface area contributed by atoms with Crippen LogP contribution in [-0.4, -0.2) is 25.4 Å². The van der Waals surface area contributed by atoms with E-state index in [-0.39, 0.29) is 13.6 Å². The third-order valence-electron chi connectivity index (χ3n) is 1.88. The summed E-state index contributed by atoms with van der Waals surface area (Å²) in [5, 5.41) is 11.7. The highest BCUT2D eigenvalue weighted by Gasteiger charge is 2.15. The largest absolute Gasteiger partial charge is 0.490 e. The van der Waals surface area contributed by atoms with E-state index in [2.05, 4.69) is 13.3 Å². The summed E-state index contributed by atoms with van der Waals surface area (Å²) in [6.07, 6.45) is 0. The van der Waals surface area contributed by atoms with Crippen molar-refractivity contribution in [2.75, 3.05) is 20.4 Å². The minimum absolute atomic E-state index is 0.0214. The summed E-state index contributed by atoms with van der Waals surface area (Å²) in [4.78, 5) is 10.2. The first-order valence-corrected chi connectivity index (χ1v) is 6.29. The molecule has 0 aliphatic carbocycles. The topological polar surface area (TPSA) is 52.4 Å². The van der Waals surface area contributed by atoms with Gasteiger partial charge >= 0.3 is 5.69 Å². The van der Waals surface area contributed by atoms with Crippen molar-refractivity contribution in [2.45, 2.75) is 0 Å². The van der Waals surface area contributed by atoms with Crippen LogP contribution in [0.15, 0.2) is 18.2 Å². The number of nitrogens with zero attached hydrogens (tertiary/aromatic N) is 1. The van der Waals surface area contributed by atoms with Crippen LogP contribution >= 0.6 is 7.92 Å². The molecule has 0 saturated carbocycles. The van der Waals surface area contributed by atoms with Crippen molar-refractivity contribution in [3.63, 3.8) is 0 Å². The van der Waals surface area contributed by atoms with Crippen molar-refractivity contribution in [1.29, 1.82) is 0 Å². The molecule has 0 N–H and O–H groups in total. The molecule has 1 rings (SSSR count). The number of rotatable bonds is 3. The molecule has 0 aromatic heterocycles. The fraction of sp³-hybridized carbons (Fsp3) is 0.333. The van der Waals surface area contributed by atoms with Crippen molar-refractivity contribution < 1.29 is 9.66 Å². The van der Waals surface area contributed by atoms with Crippen LogP contribution in [-0.2, 0) is 0 Å². The fourth-order valence-electron chi connectivity index (χ4n) is 1.10. The standard InChI is InChI=1S/C9H12NO3P/c1-13-9-6-7(14(2)3)4-5-8(9)10(11)12/h4-6H,1-3H3. The highest BCUT2D eigenvalue weighted by atomic mass is 31.1. The van der Waals surface area contributed by atoms with Gasteiger partial charge in [0.25, 0.3) is 0 Å². The first-order chi connectivity index (χ1) is 6.56.